The van der Waals surface area contributed by atoms with Crippen LogP contribution >= 0.6 is 35.7 Å². The molecular formula is C20H30IN5S. The average molecular weight is 499 g/mol. The zero-order valence-electron chi connectivity index (χ0n) is 16.5. The van der Waals surface area contributed by atoms with Gasteiger partial charge in [0.25, 0.3) is 0 Å². The molecule has 1 aromatic heterocycles. The average Bonchev–Trinajstić information content (AvgIpc) is 2.65. The highest BCUT2D eigenvalue weighted by atomic mass is 127. The van der Waals surface area contributed by atoms with Crippen LogP contribution < -0.4 is 15.5 Å². The number of nitrogens with zero attached hydrogens (tertiary/aromatic N) is 3. The van der Waals surface area contributed by atoms with Gasteiger partial charge in [-0.1, -0.05) is 25.1 Å². The number of benzene rings is 1. The monoisotopic (exact) mass is 499 g/mol. The molecule has 1 heterocycles. The van der Waals surface area contributed by atoms with E-state index in [4.69, 9.17) is 4.99 Å². The van der Waals surface area contributed by atoms with Crippen LogP contribution in [0.5, 0.6) is 0 Å². The summed E-state index contributed by atoms with van der Waals surface area (Å²) in [5, 5.41) is 7.20. The van der Waals surface area contributed by atoms with Crippen molar-refractivity contribution in [2.75, 3.05) is 32.1 Å². The van der Waals surface area contributed by atoms with Gasteiger partial charge in [0.2, 0.25) is 0 Å². The van der Waals surface area contributed by atoms with E-state index in [1.165, 1.54) is 4.90 Å². The van der Waals surface area contributed by atoms with Gasteiger partial charge >= 0.3 is 0 Å². The van der Waals surface area contributed by atoms with Crippen molar-refractivity contribution in [2.24, 2.45) is 4.99 Å². The number of aromatic nitrogens is 1. The standard InChI is InChI=1S/C20H29N5S.HI/c1-5-21-20(23-14-16(2)26-18-9-7-6-8-10-18)24-15-17-11-12-22-19(13-17)25(3)4;/h6-13,16H,5,14-15H2,1-4H3,(H2,21,23,24);1H. The molecule has 0 saturated carbocycles. The Hall–Kier alpha value is -1.48. The van der Waals surface area contributed by atoms with Gasteiger partial charge < -0.3 is 15.5 Å². The maximum atomic E-state index is 4.70. The van der Waals surface area contributed by atoms with Gasteiger partial charge in [-0.2, -0.15) is 0 Å². The molecule has 0 amide bonds. The van der Waals surface area contributed by atoms with Crippen LogP contribution in [0.3, 0.4) is 0 Å². The predicted octanol–water partition coefficient (Wildman–Crippen LogP) is 4.00. The molecule has 1 atom stereocenters. The normalized spacial score (nSPS) is 12.1. The SMILES string of the molecule is CCNC(=NCc1ccnc(N(C)C)c1)NCC(C)Sc1ccccc1.I. The Balaban J connectivity index is 0.00000364. The van der Waals surface area contributed by atoms with Crippen molar-refractivity contribution in [1.82, 2.24) is 15.6 Å². The van der Waals surface area contributed by atoms with E-state index in [1.807, 2.05) is 49.1 Å². The molecule has 1 unspecified atom stereocenters. The Labute approximate surface area is 184 Å². The highest BCUT2D eigenvalue weighted by molar-refractivity contribution is 14.0. The largest absolute Gasteiger partial charge is 0.363 e. The first-order valence-electron chi connectivity index (χ1n) is 8.94. The second kappa shape index (κ2) is 12.8. The number of aliphatic imine (C=N–C) groups is 1. The molecule has 0 bridgehead atoms. The van der Waals surface area contributed by atoms with Crippen LogP contribution in [0.2, 0.25) is 0 Å². The van der Waals surface area contributed by atoms with E-state index in [9.17, 15) is 0 Å². The summed E-state index contributed by atoms with van der Waals surface area (Å²) in [6.45, 7) is 6.62. The van der Waals surface area contributed by atoms with Crippen molar-refractivity contribution >= 4 is 47.5 Å². The highest BCUT2D eigenvalue weighted by Crippen LogP contribution is 2.21. The van der Waals surface area contributed by atoms with Crippen molar-refractivity contribution in [3.63, 3.8) is 0 Å². The molecule has 0 aliphatic heterocycles. The minimum absolute atomic E-state index is 0. The molecule has 148 valence electrons. The first-order valence-corrected chi connectivity index (χ1v) is 9.82. The lowest BCUT2D eigenvalue weighted by Crippen LogP contribution is -2.40. The summed E-state index contributed by atoms with van der Waals surface area (Å²) < 4.78 is 0. The van der Waals surface area contributed by atoms with E-state index in [0.29, 0.717) is 11.8 Å². The molecule has 7 heteroatoms. The number of hydrogen-bond donors (Lipinski definition) is 2. The van der Waals surface area contributed by atoms with Crippen molar-refractivity contribution in [1.29, 1.82) is 0 Å². The fourth-order valence-corrected chi connectivity index (χ4v) is 3.27. The zero-order valence-corrected chi connectivity index (χ0v) is 19.6. The van der Waals surface area contributed by atoms with Crippen LogP contribution in [0.15, 0.2) is 58.5 Å². The van der Waals surface area contributed by atoms with Crippen LogP contribution in [0.25, 0.3) is 0 Å². The highest BCUT2D eigenvalue weighted by Gasteiger charge is 2.06. The molecule has 2 aromatic rings. The molecule has 0 saturated heterocycles. The summed E-state index contributed by atoms with van der Waals surface area (Å²) in [7, 11) is 3.99. The molecule has 0 fully saturated rings. The van der Waals surface area contributed by atoms with Gasteiger partial charge in [-0.15, -0.1) is 35.7 Å². The summed E-state index contributed by atoms with van der Waals surface area (Å²) in [5.74, 6) is 1.79. The van der Waals surface area contributed by atoms with Gasteiger partial charge in [-0.3, -0.25) is 0 Å². The molecule has 2 rings (SSSR count). The van der Waals surface area contributed by atoms with Crippen molar-refractivity contribution in [3.05, 3.63) is 54.2 Å². The fourth-order valence-electron chi connectivity index (χ4n) is 2.33. The van der Waals surface area contributed by atoms with Crippen LogP contribution in [0.1, 0.15) is 19.4 Å². The first-order chi connectivity index (χ1) is 12.6. The lowest BCUT2D eigenvalue weighted by Gasteiger charge is -2.16. The van der Waals surface area contributed by atoms with Crippen LogP contribution in [0, 0.1) is 0 Å². The molecule has 27 heavy (non-hydrogen) atoms. The Morgan fingerprint density at radius 1 is 1.19 bits per heavy atom. The molecule has 5 nitrogen and oxygen atoms in total. The third-order valence-electron chi connectivity index (χ3n) is 3.67. The number of guanidine groups is 1. The van der Waals surface area contributed by atoms with Gasteiger partial charge in [0.1, 0.15) is 5.82 Å². The summed E-state index contributed by atoms with van der Waals surface area (Å²) in [6.07, 6.45) is 1.83. The molecule has 0 spiro atoms. The van der Waals surface area contributed by atoms with Crippen LogP contribution in [0.4, 0.5) is 5.82 Å². The van der Waals surface area contributed by atoms with Gasteiger partial charge in [-0.05, 0) is 36.8 Å². The third-order valence-corrected chi connectivity index (χ3v) is 4.78. The summed E-state index contributed by atoms with van der Waals surface area (Å²) in [5.41, 5.74) is 1.15. The van der Waals surface area contributed by atoms with E-state index in [1.54, 1.807) is 0 Å². The number of hydrogen-bond acceptors (Lipinski definition) is 4. The molecule has 0 radical (unpaired) electrons. The third kappa shape index (κ3) is 8.83. The lowest BCUT2D eigenvalue weighted by atomic mass is 10.2. The second-order valence-corrected chi connectivity index (χ2v) is 7.75. The number of rotatable bonds is 8. The van der Waals surface area contributed by atoms with Crippen LogP contribution in [-0.2, 0) is 6.54 Å². The van der Waals surface area contributed by atoms with E-state index in [-0.39, 0.29) is 24.0 Å². The summed E-state index contributed by atoms with van der Waals surface area (Å²) >= 11 is 1.86. The second-order valence-electron chi connectivity index (χ2n) is 6.23. The minimum Gasteiger partial charge on any atom is -0.363 e. The number of thioether (sulfide) groups is 1. The van der Waals surface area contributed by atoms with E-state index in [0.717, 1.165) is 30.4 Å². The smallest absolute Gasteiger partial charge is 0.191 e. The quantitative estimate of drug-likeness (QED) is 0.249. The van der Waals surface area contributed by atoms with Gasteiger partial charge in [0.15, 0.2) is 5.96 Å². The number of pyridine rings is 1. The van der Waals surface area contributed by atoms with E-state index >= 15 is 0 Å². The molecule has 0 aliphatic rings. The Bertz CT molecular complexity index is 694. The molecule has 2 N–H and O–H groups in total. The Morgan fingerprint density at radius 3 is 2.59 bits per heavy atom. The van der Waals surface area contributed by atoms with Gasteiger partial charge in [-0.25, -0.2) is 9.98 Å². The van der Waals surface area contributed by atoms with Crippen molar-refractivity contribution in [2.45, 2.75) is 30.5 Å². The van der Waals surface area contributed by atoms with Crippen LogP contribution in [-0.4, -0.2) is 43.4 Å². The number of nitrogens with one attached hydrogen (secondary N) is 2. The predicted molar refractivity (Wildman–Crippen MR) is 129 cm³/mol. The molecule has 1 aromatic carbocycles. The van der Waals surface area contributed by atoms with E-state index in [2.05, 4.69) is 59.8 Å². The lowest BCUT2D eigenvalue weighted by molar-refractivity contribution is 0.794. The van der Waals surface area contributed by atoms with Crippen molar-refractivity contribution in [3.8, 4) is 0 Å². The van der Waals surface area contributed by atoms with Gasteiger partial charge in [0.05, 0.1) is 6.54 Å². The summed E-state index contributed by atoms with van der Waals surface area (Å²) in [6, 6.07) is 14.6. The summed E-state index contributed by atoms with van der Waals surface area (Å²) in [4.78, 5) is 12.3. The molecular weight excluding hydrogens is 469 g/mol. The number of halogens is 1. The van der Waals surface area contributed by atoms with Gasteiger partial charge in [0, 0.05) is 43.5 Å². The maximum absolute atomic E-state index is 4.70. The Kier molecular flexibility index (Phi) is 11.2. The maximum Gasteiger partial charge on any atom is 0.191 e. The van der Waals surface area contributed by atoms with E-state index < -0.39 is 0 Å². The minimum atomic E-state index is 0. The first kappa shape index (κ1) is 23.6. The van der Waals surface area contributed by atoms with Crippen molar-refractivity contribution < 1.29 is 0 Å². The topological polar surface area (TPSA) is 52.6 Å². The molecule has 0 aliphatic carbocycles. The zero-order chi connectivity index (χ0) is 18.8. The Morgan fingerprint density at radius 2 is 1.93 bits per heavy atom. The fraction of sp³-hybridized carbons (Fsp3) is 0.400. The number of anilines is 1.